The number of furan rings is 1. The van der Waals surface area contributed by atoms with Gasteiger partial charge in [0.1, 0.15) is 11.2 Å². The van der Waals surface area contributed by atoms with Crippen LogP contribution in [-0.4, -0.2) is 4.57 Å². The number of para-hydroxylation sites is 2. The molecule has 0 amide bonds. The molecule has 0 N–H and O–H groups in total. The molecule has 0 saturated carbocycles. The maximum atomic E-state index is 6.28. The van der Waals surface area contributed by atoms with Gasteiger partial charge in [0.2, 0.25) is 0 Å². The zero-order chi connectivity index (χ0) is 23.6. The molecule has 0 spiro atoms. The lowest BCUT2D eigenvalue weighted by Crippen LogP contribution is -1.94. The number of nitrogens with zero attached hydrogens (tertiary/aromatic N) is 1. The summed E-state index contributed by atoms with van der Waals surface area (Å²) in [4.78, 5) is 0. The van der Waals surface area contributed by atoms with Crippen LogP contribution in [0.15, 0.2) is 132 Å². The maximum Gasteiger partial charge on any atom is 0.136 e. The summed E-state index contributed by atoms with van der Waals surface area (Å²) in [5.74, 6) is 0. The van der Waals surface area contributed by atoms with Crippen molar-refractivity contribution < 1.29 is 4.42 Å². The second kappa shape index (κ2) is 7.34. The minimum atomic E-state index is 0.923. The van der Waals surface area contributed by atoms with Crippen LogP contribution in [0.3, 0.4) is 0 Å². The van der Waals surface area contributed by atoms with E-state index in [1.54, 1.807) is 0 Å². The Labute approximate surface area is 207 Å². The highest BCUT2D eigenvalue weighted by Crippen LogP contribution is 2.42. The van der Waals surface area contributed by atoms with Crippen molar-refractivity contribution in [3.8, 4) is 16.8 Å². The van der Waals surface area contributed by atoms with Crippen molar-refractivity contribution >= 4 is 54.5 Å². The molecule has 0 saturated heterocycles. The minimum Gasteiger partial charge on any atom is -0.456 e. The van der Waals surface area contributed by atoms with Gasteiger partial charge in [-0.3, -0.25) is 0 Å². The highest BCUT2D eigenvalue weighted by Gasteiger charge is 2.19. The van der Waals surface area contributed by atoms with Gasteiger partial charge in [-0.05, 0) is 46.8 Å². The first-order valence-corrected chi connectivity index (χ1v) is 12.3. The molecule has 36 heavy (non-hydrogen) atoms. The predicted molar refractivity (Wildman–Crippen MR) is 151 cm³/mol. The van der Waals surface area contributed by atoms with Crippen molar-refractivity contribution in [1.29, 1.82) is 0 Å². The van der Waals surface area contributed by atoms with Crippen LogP contribution >= 0.6 is 0 Å². The molecular formula is C34H21NO. The molecule has 2 aromatic heterocycles. The van der Waals surface area contributed by atoms with Crippen molar-refractivity contribution in [2.75, 3.05) is 0 Å². The van der Waals surface area contributed by atoms with Gasteiger partial charge in [-0.15, -0.1) is 0 Å². The van der Waals surface area contributed by atoms with Gasteiger partial charge in [-0.2, -0.15) is 0 Å². The van der Waals surface area contributed by atoms with Crippen LogP contribution in [0, 0.1) is 0 Å². The molecule has 0 unspecified atom stereocenters. The van der Waals surface area contributed by atoms with Crippen LogP contribution in [0.5, 0.6) is 0 Å². The van der Waals surface area contributed by atoms with E-state index in [1.165, 1.54) is 49.1 Å². The lowest BCUT2D eigenvalue weighted by atomic mass is 10.0. The van der Waals surface area contributed by atoms with Gasteiger partial charge in [-0.1, -0.05) is 97.1 Å². The van der Waals surface area contributed by atoms with Crippen LogP contribution in [-0.2, 0) is 0 Å². The minimum absolute atomic E-state index is 0.923. The fourth-order valence-electron chi connectivity index (χ4n) is 5.78. The van der Waals surface area contributed by atoms with Gasteiger partial charge in [0.25, 0.3) is 0 Å². The van der Waals surface area contributed by atoms with E-state index in [0.29, 0.717) is 0 Å². The first-order valence-electron chi connectivity index (χ1n) is 12.3. The van der Waals surface area contributed by atoms with E-state index in [4.69, 9.17) is 4.42 Å². The van der Waals surface area contributed by atoms with E-state index in [1.807, 2.05) is 6.07 Å². The second-order valence-electron chi connectivity index (χ2n) is 9.36. The monoisotopic (exact) mass is 459 g/mol. The molecule has 2 heterocycles. The number of aromatic nitrogens is 1. The first-order chi connectivity index (χ1) is 17.9. The quantitative estimate of drug-likeness (QED) is 0.252. The van der Waals surface area contributed by atoms with Crippen molar-refractivity contribution in [2.45, 2.75) is 0 Å². The third-order valence-electron chi connectivity index (χ3n) is 7.39. The number of benzene rings is 6. The Bertz CT molecular complexity index is 2080. The molecule has 8 aromatic rings. The van der Waals surface area contributed by atoms with Gasteiger partial charge in [0, 0.05) is 32.6 Å². The van der Waals surface area contributed by atoms with E-state index in [0.717, 1.165) is 22.2 Å². The van der Waals surface area contributed by atoms with Gasteiger partial charge in [-0.25, -0.2) is 0 Å². The topological polar surface area (TPSA) is 18.1 Å². The van der Waals surface area contributed by atoms with Crippen LogP contribution in [0.4, 0.5) is 0 Å². The van der Waals surface area contributed by atoms with E-state index in [-0.39, 0.29) is 0 Å². The summed E-state index contributed by atoms with van der Waals surface area (Å²) in [6, 6.07) is 45.3. The third kappa shape index (κ3) is 2.67. The summed E-state index contributed by atoms with van der Waals surface area (Å²) in [6.07, 6.45) is 0. The molecule has 0 aliphatic heterocycles. The Morgan fingerprint density at radius 2 is 1.14 bits per heavy atom. The van der Waals surface area contributed by atoms with Gasteiger partial charge in [0.05, 0.1) is 11.0 Å². The van der Waals surface area contributed by atoms with Crippen LogP contribution < -0.4 is 0 Å². The van der Waals surface area contributed by atoms with Gasteiger partial charge in [0.15, 0.2) is 0 Å². The van der Waals surface area contributed by atoms with Gasteiger partial charge >= 0.3 is 0 Å². The molecule has 0 bridgehead atoms. The molecule has 0 atom stereocenters. The number of hydrogen-bond acceptors (Lipinski definition) is 1. The second-order valence-corrected chi connectivity index (χ2v) is 9.36. The highest BCUT2D eigenvalue weighted by molar-refractivity contribution is 6.29. The molecule has 6 aromatic carbocycles. The SMILES string of the molecule is c1ccc(-c2ccc(-n3c4ccccc4c4ccc5ccc6oc7ccccc7c6c5c43)cc2)cc1. The lowest BCUT2D eigenvalue weighted by molar-refractivity contribution is 0.669. The number of fused-ring (bicyclic) bond motifs is 9. The molecular weight excluding hydrogens is 438 g/mol. The van der Waals surface area contributed by atoms with E-state index in [9.17, 15) is 0 Å². The summed E-state index contributed by atoms with van der Waals surface area (Å²) in [5.41, 5.74) is 7.87. The molecule has 8 rings (SSSR count). The van der Waals surface area contributed by atoms with E-state index < -0.39 is 0 Å². The Balaban J connectivity index is 1.53. The molecule has 2 heteroatoms. The Kier molecular flexibility index (Phi) is 3.97. The van der Waals surface area contributed by atoms with Crippen molar-refractivity contribution in [3.63, 3.8) is 0 Å². The summed E-state index contributed by atoms with van der Waals surface area (Å²) in [7, 11) is 0. The summed E-state index contributed by atoms with van der Waals surface area (Å²) in [5, 5.41) is 7.29. The maximum absolute atomic E-state index is 6.28. The molecule has 0 aliphatic rings. The summed E-state index contributed by atoms with van der Waals surface area (Å²) < 4.78 is 8.70. The molecule has 2 nitrogen and oxygen atoms in total. The average Bonchev–Trinajstić information content (AvgIpc) is 3.49. The molecule has 0 aliphatic carbocycles. The average molecular weight is 460 g/mol. The smallest absolute Gasteiger partial charge is 0.136 e. The first kappa shape index (κ1) is 19.5. The largest absolute Gasteiger partial charge is 0.456 e. The molecule has 0 radical (unpaired) electrons. The third-order valence-corrected chi connectivity index (χ3v) is 7.39. The van der Waals surface area contributed by atoms with Gasteiger partial charge < -0.3 is 8.98 Å². The zero-order valence-corrected chi connectivity index (χ0v) is 19.5. The van der Waals surface area contributed by atoms with E-state index >= 15 is 0 Å². The van der Waals surface area contributed by atoms with Crippen LogP contribution in [0.1, 0.15) is 0 Å². The lowest BCUT2D eigenvalue weighted by Gasteiger charge is -2.12. The van der Waals surface area contributed by atoms with Crippen molar-refractivity contribution in [1.82, 2.24) is 4.57 Å². The summed E-state index contributed by atoms with van der Waals surface area (Å²) >= 11 is 0. The van der Waals surface area contributed by atoms with Crippen molar-refractivity contribution in [3.05, 3.63) is 127 Å². The normalized spacial score (nSPS) is 11.9. The molecule has 0 fully saturated rings. The van der Waals surface area contributed by atoms with E-state index in [2.05, 4.69) is 126 Å². The fraction of sp³-hybridized carbons (Fsp3) is 0. The van der Waals surface area contributed by atoms with Crippen LogP contribution in [0.25, 0.3) is 71.3 Å². The van der Waals surface area contributed by atoms with Crippen molar-refractivity contribution in [2.24, 2.45) is 0 Å². The number of hydrogen-bond donors (Lipinski definition) is 0. The van der Waals surface area contributed by atoms with Crippen LogP contribution in [0.2, 0.25) is 0 Å². The standard InChI is InChI=1S/C34H21NO/c1-2-8-22(9-3-1)23-14-18-25(19-15-23)35-29-12-6-4-10-26(29)27-20-16-24-17-21-31-33(32(24)34(27)35)28-11-5-7-13-30(28)36-31/h1-21H. The Morgan fingerprint density at radius 3 is 2.00 bits per heavy atom. The number of rotatable bonds is 2. The Hall–Kier alpha value is -4.82. The Morgan fingerprint density at radius 1 is 0.444 bits per heavy atom. The zero-order valence-electron chi connectivity index (χ0n) is 19.5. The summed E-state index contributed by atoms with van der Waals surface area (Å²) in [6.45, 7) is 0. The predicted octanol–water partition coefficient (Wildman–Crippen LogP) is 9.50. The molecule has 168 valence electrons. The fourth-order valence-corrected chi connectivity index (χ4v) is 5.78. The highest BCUT2D eigenvalue weighted by atomic mass is 16.3.